The first-order chi connectivity index (χ1) is 8.11. The summed E-state index contributed by atoms with van der Waals surface area (Å²) in [5.74, 6) is -0.925. The summed E-state index contributed by atoms with van der Waals surface area (Å²) >= 11 is 0. The van der Waals surface area contributed by atoms with E-state index in [1.807, 2.05) is 42.1 Å². The summed E-state index contributed by atoms with van der Waals surface area (Å²) in [4.78, 5) is 10.7. The molecule has 0 amide bonds. The lowest BCUT2D eigenvalue weighted by Gasteiger charge is -2.13. The Hall–Kier alpha value is -1.81. The molecule has 2 aromatic rings. The Kier molecular flexibility index (Phi) is 3.15. The van der Waals surface area contributed by atoms with E-state index in [2.05, 4.69) is 0 Å². The molecular formula is C13H16N2O2. The molecule has 0 bridgehead atoms. The number of nitrogens with zero attached hydrogens (tertiary/aromatic N) is 1. The highest BCUT2D eigenvalue weighted by atomic mass is 16.4. The number of aliphatic carboxylic acids is 1. The second-order valence-electron chi connectivity index (χ2n) is 4.28. The Morgan fingerprint density at radius 2 is 2.24 bits per heavy atom. The van der Waals surface area contributed by atoms with Gasteiger partial charge in [0.25, 0.3) is 0 Å². The molecule has 4 nitrogen and oxygen atoms in total. The van der Waals surface area contributed by atoms with Crippen LogP contribution in [0, 0.1) is 0 Å². The molecule has 4 heteroatoms. The molecule has 90 valence electrons. The lowest BCUT2D eigenvalue weighted by atomic mass is 9.95. The third-order valence-corrected chi connectivity index (χ3v) is 3.09. The van der Waals surface area contributed by atoms with Crippen LogP contribution >= 0.6 is 0 Å². The van der Waals surface area contributed by atoms with Crippen LogP contribution in [0.5, 0.6) is 0 Å². The van der Waals surface area contributed by atoms with Crippen molar-refractivity contribution in [1.82, 2.24) is 4.57 Å². The van der Waals surface area contributed by atoms with Gasteiger partial charge in [0.2, 0.25) is 0 Å². The molecule has 0 aliphatic rings. The molecule has 1 unspecified atom stereocenters. The third kappa shape index (κ3) is 2.31. The zero-order chi connectivity index (χ0) is 12.4. The zero-order valence-electron chi connectivity index (χ0n) is 9.76. The third-order valence-electron chi connectivity index (χ3n) is 3.09. The first-order valence-electron chi connectivity index (χ1n) is 5.58. The van der Waals surface area contributed by atoms with Crippen molar-refractivity contribution >= 4 is 16.9 Å². The number of nitrogens with two attached hydrogens (primary N) is 1. The molecule has 0 aliphatic carbocycles. The normalized spacial score (nSPS) is 12.8. The molecule has 3 N–H and O–H groups in total. The van der Waals surface area contributed by atoms with Crippen LogP contribution < -0.4 is 5.73 Å². The number of carboxylic acid groups (broad SMARTS) is 1. The summed E-state index contributed by atoms with van der Waals surface area (Å²) in [6.07, 6.45) is 2.07. The molecule has 1 heterocycles. The predicted octanol–water partition coefficient (Wildman–Crippen LogP) is 1.70. The second-order valence-corrected chi connectivity index (χ2v) is 4.28. The van der Waals surface area contributed by atoms with Gasteiger partial charge in [-0.15, -0.1) is 0 Å². The monoisotopic (exact) mass is 232 g/mol. The summed E-state index contributed by atoms with van der Waals surface area (Å²) in [7, 11) is 1.99. The van der Waals surface area contributed by atoms with Crippen molar-refractivity contribution in [3.05, 3.63) is 36.0 Å². The minimum atomic E-state index is -0.811. The van der Waals surface area contributed by atoms with E-state index in [1.54, 1.807) is 0 Å². The summed E-state index contributed by atoms with van der Waals surface area (Å²) in [5.41, 5.74) is 7.77. The van der Waals surface area contributed by atoms with Crippen LogP contribution in [0.25, 0.3) is 10.9 Å². The van der Waals surface area contributed by atoms with Gasteiger partial charge in [0.1, 0.15) is 0 Å². The van der Waals surface area contributed by atoms with Gasteiger partial charge < -0.3 is 15.4 Å². The number of benzene rings is 1. The Morgan fingerprint density at radius 1 is 1.47 bits per heavy atom. The van der Waals surface area contributed by atoms with Crippen LogP contribution in [-0.4, -0.2) is 22.2 Å². The largest absolute Gasteiger partial charge is 0.481 e. The van der Waals surface area contributed by atoms with Gasteiger partial charge in [0.05, 0.1) is 6.42 Å². The molecule has 1 aromatic carbocycles. The number of aryl methyl sites for hydroxylation is 1. The summed E-state index contributed by atoms with van der Waals surface area (Å²) < 4.78 is 2.04. The Bertz CT molecular complexity index is 545. The zero-order valence-corrected chi connectivity index (χ0v) is 9.76. The lowest BCUT2D eigenvalue weighted by molar-refractivity contribution is -0.137. The number of hydrogen-bond donors (Lipinski definition) is 2. The molecule has 0 fully saturated rings. The predicted molar refractivity (Wildman–Crippen MR) is 67.0 cm³/mol. The average molecular weight is 232 g/mol. The summed E-state index contributed by atoms with van der Waals surface area (Å²) in [6, 6.07) is 8.01. The maximum absolute atomic E-state index is 10.7. The molecule has 0 aliphatic heterocycles. The highest BCUT2D eigenvalue weighted by molar-refractivity contribution is 5.81. The van der Waals surface area contributed by atoms with Crippen molar-refractivity contribution in [2.24, 2.45) is 12.8 Å². The smallest absolute Gasteiger partial charge is 0.304 e. The lowest BCUT2D eigenvalue weighted by Crippen LogP contribution is -2.16. The number of hydrogen-bond acceptors (Lipinski definition) is 2. The van der Waals surface area contributed by atoms with E-state index in [1.165, 1.54) is 0 Å². The van der Waals surface area contributed by atoms with Crippen molar-refractivity contribution in [2.75, 3.05) is 6.54 Å². The maximum atomic E-state index is 10.7. The Morgan fingerprint density at radius 3 is 2.88 bits per heavy atom. The first kappa shape index (κ1) is 11.7. The van der Waals surface area contributed by atoms with E-state index in [-0.39, 0.29) is 12.3 Å². The van der Waals surface area contributed by atoms with Crippen LogP contribution in [0.1, 0.15) is 17.9 Å². The van der Waals surface area contributed by atoms with Crippen LogP contribution in [0.2, 0.25) is 0 Å². The van der Waals surface area contributed by atoms with E-state index in [0.717, 1.165) is 16.5 Å². The number of rotatable bonds is 4. The first-order valence-corrected chi connectivity index (χ1v) is 5.58. The van der Waals surface area contributed by atoms with Gasteiger partial charge in [-0.1, -0.05) is 6.07 Å². The van der Waals surface area contributed by atoms with Crippen molar-refractivity contribution in [2.45, 2.75) is 12.3 Å². The van der Waals surface area contributed by atoms with Crippen molar-refractivity contribution in [1.29, 1.82) is 0 Å². The van der Waals surface area contributed by atoms with Crippen LogP contribution in [0.3, 0.4) is 0 Å². The highest BCUT2D eigenvalue weighted by Crippen LogP contribution is 2.24. The van der Waals surface area contributed by atoms with Crippen molar-refractivity contribution < 1.29 is 9.90 Å². The molecule has 17 heavy (non-hydrogen) atoms. The summed E-state index contributed by atoms with van der Waals surface area (Å²) in [5, 5.41) is 9.95. The fourth-order valence-electron chi connectivity index (χ4n) is 2.10. The average Bonchev–Trinajstić information content (AvgIpc) is 2.67. The van der Waals surface area contributed by atoms with E-state index >= 15 is 0 Å². The molecule has 0 radical (unpaired) electrons. The fourth-order valence-corrected chi connectivity index (χ4v) is 2.10. The summed E-state index contributed by atoms with van der Waals surface area (Å²) in [6.45, 7) is 0.352. The fraction of sp³-hybridized carbons (Fsp3) is 0.308. The van der Waals surface area contributed by atoms with Gasteiger partial charge in [-0.2, -0.15) is 0 Å². The highest BCUT2D eigenvalue weighted by Gasteiger charge is 2.14. The molecular weight excluding hydrogens is 216 g/mol. The number of fused-ring (bicyclic) bond motifs is 1. The van der Waals surface area contributed by atoms with Crippen LogP contribution in [0.15, 0.2) is 30.5 Å². The van der Waals surface area contributed by atoms with Crippen LogP contribution in [0.4, 0.5) is 0 Å². The quantitative estimate of drug-likeness (QED) is 0.843. The molecule has 2 rings (SSSR count). The minimum Gasteiger partial charge on any atom is -0.481 e. The van der Waals surface area contributed by atoms with E-state index in [4.69, 9.17) is 10.8 Å². The van der Waals surface area contributed by atoms with Gasteiger partial charge in [-0.3, -0.25) is 4.79 Å². The Balaban J connectivity index is 2.37. The molecule has 1 atom stereocenters. The molecule has 1 aromatic heterocycles. The van der Waals surface area contributed by atoms with Crippen molar-refractivity contribution in [3.63, 3.8) is 0 Å². The van der Waals surface area contributed by atoms with Gasteiger partial charge >= 0.3 is 5.97 Å². The van der Waals surface area contributed by atoms with Gasteiger partial charge in [0, 0.05) is 24.7 Å². The van der Waals surface area contributed by atoms with E-state index in [0.29, 0.717) is 6.54 Å². The minimum absolute atomic E-state index is 0.0782. The number of aromatic nitrogens is 1. The molecule has 0 saturated carbocycles. The van der Waals surface area contributed by atoms with E-state index in [9.17, 15) is 4.79 Å². The molecule has 0 spiro atoms. The van der Waals surface area contributed by atoms with Gasteiger partial charge in [-0.25, -0.2) is 0 Å². The second kappa shape index (κ2) is 4.59. The number of carboxylic acids is 1. The van der Waals surface area contributed by atoms with Crippen molar-refractivity contribution in [3.8, 4) is 0 Å². The maximum Gasteiger partial charge on any atom is 0.304 e. The topological polar surface area (TPSA) is 68.2 Å². The van der Waals surface area contributed by atoms with Gasteiger partial charge in [0.15, 0.2) is 0 Å². The Labute approximate surface area is 99.7 Å². The SMILES string of the molecule is Cn1ccc2cc(C(CN)CC(=O)O)ccc21. The molecule has 0 saturated heterocycles. The van der Waals surface area contributed by atoms with E-state index < -0.39 is 5.97 Å². The standard InChI is InChI=1S/C13H16N2O2/c1-15-5-4-10-6-9(2-3-12(10)15)11(8-14)7-13(16)17/h2-6,11H,7-8,14H2,1H3,(H,16,17). The number of carbonyl (C=O) groups is 1. The van der Waals surface area contributed by atoms with Gasteiger partial charge in [-0.05, 0) is 35.7 Å². The van der Waals surface area contributed by atoms with Crippen LogP contribution in [-0.2, 0) is 11.8 Å².